The Labute approximate surface area is 121 Å². The van der Waals surface area contributed by atoms with E-state index < -0.39 is 5.82 Å². The molecular formula is C15H11Cl2FO. The Bertz CT molecular complexity index is 638. The molecule has 1 nitrogen and oxygen atoms in total. The number of carbonyl (C=O) groups excluding carboxylic acids is 1. The number of Topliss-reactive ketones (excluding diaryl/α,β-unsaturated/α-hetero) is 1. The van der Waals surface area contributed by atoms with E-state index in [9.17, 15) is 9.18 Å². The number of carbonyl (C=O) groups is 1. The lowest BCUT2D eigenvalue weighted by atomic mass is 10.0. The highest BCUT2D eigenvalue weighted by Gasteiger charge is 2.10. The third kappa shape index (κ3) is 3.34. The van der Waals surface area contributed by atoms with Gasteiger partial charge < -0.3 is 0 Å². The van der Waals surface area contributed by atoms with Gasteiger partial charge in [0.05, 0.1) is 5.02 Å². The van der Waals surface area contributed by atoms with E-state index in [1.165, 1.54) is 12.1 Å². The van der Waals surface area contributed by atoms with Crippen LogP contribution >= 0.6 is 23.2 Å². The molecule has 0 spiro atoms. The first-order valence-electron chi connectivity index (χ1n) is 5.70. The quantitative estimate of drug-likeness (QED) is 0.739. The van der Waals surface area contributed by atoms with Crippen LogP contribution in [0.1, 0.15) is 21.5 Å². The molecule has 0 saturated heterocycles. The summed E-state index contributed by atoms with van der Waals surface area (Å²) in [5.74, 6) is -0.569. The van der Waals surface area contributed by atoms with Crippen molar-refractivity contribution in [2.24, 2.45) is 0 Å². The number of hydrogen-bond acceptors (Lipinski definition) is 1. The highest BCUT2D eigenvalue weighted by molar-refractivity contribution is 6.31. The first-order chi connectivity index (χ1) is 8.97. The molecule has 2 rings (SSSR count). The summed E-state index contributed by atoms with van der Waals surface area (Å²) in [6.07, 6.45) is 0.166. The fraction of sp³-hybridized carbons (Fsp3) is 0.133. The Kier molecular flexibility index (Phi) is 4.23. The Morgan fingerprint density at radius 1 is 1.11 bits per heavy atom. The maximum Gasteiger partial charge on any atom is 0.167 e. The molecule has 19 heavy (non-hydrogen) atoms. The number of benzene rings is 2. The lowest BCUT2D eigenvalue weighted by Crippen LogP contribution is -2.04. The molecule has 0 aliphatic rings. The topological polar surface area (TPSA) is 17.1 Å². The van der Waals surface area contributed by atoms with Gasteiger partial charge in [-0.15, -0.1) is 0 Å². The van der Waals surface area contributed by atoms with Crippen LogP contribution < -0.4 is 0 Å². The molecular weight excluding hydrogens is 286 g/mol. The van der Waals surface area contributed by atoms with E-state index in [0.29, 0.717) is 16.1 Å². The maximum absolute atomic E-state index is 13.0. The van der Waals surface area contributed by atoms with Gasteiger partial charge in [0.15, 0.2) is 5.78 Å². The van der Waals surface area contributed by atoms with Crippen molar-refractivity contribution in [1.29, 1.82) is 0 Å². The molecule has 0 aliphatic carbocycles. The monoisotopic (exact) mass is 296 g/mol. The van der Waals surface area contributed by atoms with E-state index in [0.717, 1.165) is 5.56 Å². The number of halogens is 3. The lowest BCUT2D eigenvalue weighted by molar-refractivity contribution is 0.0993. The Balaban J connectivity index is 2.20. The van der Waals surface area contributed by atoms with E-state index in [1.54, 1.807) is 24.3 Å². The SMILES string of the molecule is Cc1ccc(C(=O)Cc2ccc(F)c(Cl)c2)cc1Cl. The molecule has 0 saturated carbocycles. The van der Waals surface area contributed by atoms with E-state index in [2.05, 4.69) is 0 Å². The van der Waals surface area contributed by atoms with Gasteiger partial charge in [-0.2, -0.15) is 0 Å². The van der Waals surface area contributed by atoms with Crippen molar-refractivity contribution in [3.63, 3.8) is 0 Å². The van der Waals surface area contributed by atoms with Gasteiger partial charge in [-0.3, -0.25) is 4.79 Å². The molecule has 0 amide bonds. The van der Waals surface area contributed by atoms with Crippen LogP contribution in [0.3, 0.4) is 0 Å². The van der Waals surface area contributed by atoms with Gasteiger partial charge in [-0.05, 0) is 36.2 Å². The summed E-state index contributed by atoms with van der Waals surface area (Å²) in [6.45, 7) is 1.87. The van der Waals surface area contributed by atoms with Gasteiger partial charge in [0.25, 0.3) is 0 Å². The van der Waals surface area contributed by atoms with Crippen molar-refractivity contribution in [1.82, 2.24) is 0 Å². The van der Waals surface area contributed by atoms with Gasteiger partial charge in [0.2, 0.25) is 0 Å². The molecule has 0 fully saturated rings. The van der Waals surface area contributed by atoms with Crippen LogP contribution in [0, 0.1) is 12.7 Å². The van der Waals surface area contributed by atoms with Crippen LogP contribution in [0.5, 0.6) is 0 Å². The zero-order valence-corrected chi connectivity index (χ0v) is 11.7. The molecule has 0 heterocycles. The third-order valence-corrected chi connectivity index (χ3v) is 3.54. The summed E-state index contributed by atoms with van der Waals surface area (Å²) in [7, 11) is 0. The largest absolute Gasteiger partial charge is 0.294 e. The Hall–Kier alpha value is -1.38. The number of ketones is 1. The first kappa shape index (κ1) is 14.0. The van der Waals surface area contributed by atoms with Crippen LogP contribution in [0.25, 0.3) is 0 Å². The highest BCUT2D eigenvalue weighted by atomic mass is 35.5. The summed E-state index contributed by atoms with van der Waals surface area (Å²) in [5.41, 5.74) is 2.13. The predicted molar refractivity (Wildman–Crippen MR) is 75.6 cm³/mol. The van der Waals surface area contributed by atoms with Crippen LogP contribution in [-0.2, 0) is 6.42 Å². The summed E-state index contributed by atoms with van der Waals surface area (Å²) in [4.78, 5) is 12.1. The van der Waals surface area contributed by atoms with Crippen LogP contribution in [0.2, 0.25) is 10.0 Å². The zero-order chi connectivity index (χ0) is 14.0. The lowest BCUT2D eigenvalue weighted by Gasteiger charge is -2.05. The molecule has 4 heteroatoms. The summed E-state index contributed by atoms with van der Waals surface area (Å²) < 4.78 is 13.0. The van der Waals surface area contributed by atoms with Crippen LogP contribution in [0.4, 0.5) is 4.39 Å². The van der Waals surface area contributed by atoms with Gasteiger partial charge in [-0.1, -0.05) is 41.4 Å². The number of rotatable bonds is 3. The third-order valence-electron chi connectivity index (χ3n) is 2.84. The molecule has 0 bridgehead atoms. The van der Waals surface area contributed by atoms with Crippen LogP contribution in [-0.4, -0.2) is 5.78 Å². The zero-order valence-electron chi connectivity index (χ0n) is 10.2. The average molecular weight is 297 g/mol. The molecule has 2 aromatic rings. The van der Waals surface area contributed by atoms with E-state index >= 15 is 0 Å². The van der Waals surface area contributed by atoms with E-state index in [1.807, 2.05) is 6.92 Å². The highest BCUT2D eigenvalue weighted by Crippen LogP contribution is 2.20. The van der Waals surface area contributed by atoms with Gasteiger partial charge in [0, 0.05) is 17.0 Å². The van der Waals surface area contributed by atoms with Gasteiger partial charge in [0.1, 0.15) is 5.82 Å². The normalized spacial score (nSPS) is 10.5. The number of aryl methyl sites for hydroxylation is 1. The fourth-order valence-corrected chi connectivity index (χ4v) is 2.09. The maximum atomic E-state index is 13.0. The molecule has 0 aromatic heterocycles. The molecule has 0 atom stereocenters. The van der Waals surface area contributed by atoms with Crippen molar-refractivity contribution in [3.8, 4) is 0 Å². The van der Waals surface area contributed by atoms with E-state index in [-0.39, 0.29) is 17.2 Å². The van der Waals surface area contributed by atoms with E-state index in [4.69, 9.17) is 23.2 Å². The average Bonchev–Trinajstić information content (AvgIpc) is 2.37. The van der Waals surface area contributed by atoms with Gasteiger partial charge >= 0.3 is 0 Å². The second-order valence-electron chi connectivity index (χ2n) is 4.31. The fourth-order valence-electron chi connectivity index (χ4n) is 1.70. The second kappa shape index (κ2) is 5.72. The van der Waals surface area contributed by atoms with Crippen molar-refractivity contribution in [2.45, 2.75) is 13.3 Å². The Morgan fingerprint density at radius 2 is 1.84 bits per heavy atom. The number of hydrogen-bond donors (Lipinski definition) is 0. The minimum Gasteiger partial charge on any atom is -0.294 e. The summed E-state index contributed by atoms with van der Waals surface area (Å²) in [6, 6.07) is 9.44. The minimum atomic E-state index is -0.490. The predicted octanol–water partition coefficient (Wildman–Crippen LogP) is 4.87. The van der Waals surface area contributed by atoms with Gasteiger partial charge in [-0.25, -0.2) is 4.39 Å². The molecule has 0 N–H and O–H groups in total. The van der Waals surface area contributed by atoms with Crippen molar-refractivity contribution in [3.05, 3.63) is 69.0 Å². The summed E-state index contributed by atoms with van der Waals surface area (Å²) in [5, 5.41) is 0.579. The molecule has 0 aliphatic heterocycles. The first-order valence-corrected chi connectivity index (χ1v) is 6.46. The smallest absolute Gasteiger partial charge is 0.167 e. The van der Waals surface area contributed by atoms with Crippen molar-refractivity contribution < 1.29 is 9.18 Å². The molecule has 2 aromatic carbocycles. The standard InChI is InChI=1S/C15H11Cl2FO/c1-9-2-4-11(8-12(9)16)15(19)7-10-3-5-14(18)13(17)6-10/h2-6,8H,7H2,1H3. The van der Waals surface area contributed by atoms with Crippen molar-refractivity contribution >= 4 is 29.0 Å². The molecule has 0 unspecified atom stereocenters. The van der Waals surface area contributed by atoms with Crippen LogP contribution in [0.15, 0.2) is 36.4 Å². The summed E-state index contributed by atoms with van der Waals surface area (Å²) >= 11 is 11.7. The minimum absolute atomic E-state index is 0.0206. The molecule has 0 radical (unpaired) electrons. The molecule has 98 valence electrons. The Morgan fingerprint density at radius 3 is 2.47 bits per heavy atom. The van der Waals surface area contributed by atoms with Crippen molar-refractivity contribution in [2.75, 3.05) is 0 Å². The second-order valence-corrected chi connectivity index (χ2v) is 5.13.